The standard InChI is InChI=1S/C20H31N3O/c1-4-5-6-7-8-9-10-11-12-20(24)22-21-17-18-13-15-19(16-14-18)23(2)3/h4,13-17H,1,5-12H2,2-3H3,(H,22,24). The maximum absolute atomic E-state index is 11.7. The number of carbonyl (C=O) groups is 1. The Labute approximate surface area is 146 Å². The van der Waals surface area contributed by atoms with Gasteiger partial charge in [0, 0.05) is 26.2 Å². The zero-order chi connectivity index (χ0) is 17.6. The molecular weight excluding hydrogens is 298 g/mol. The number of benzene rings is 1. The monoisotopic (exact) mass is 329 g/mol. The highest BCUT2D eigenvalue weighted by Crippen LogP contribution is 2.11. The van der Waals surface area contributed by atoms with Crippen molar-refractivity contribution in [2.75, 3.05) is 19.0 Å². The molecule has 0 fully saturated rings. The van der Waals surface area contributed by atoms with E-state index < -0.39 is 0 Å². The van der Waals surface area contributed by atoms with Gasteiger partial charge in [-0.3, -0.25) is 4.79 Å². The van der Waals surface area contributed by atoms with Crippen LogP contribution < -0.4 is 10.3 Å². The number of carbonyl (C=O) groups excluding carboxylic acids is 1. The molecule has 1 N–H and O–H groups in total. The van der Waals surface area contributed by atoms with Gasteiger partial charge in [-0.25, -0.2) is 5.43 Å². The Bertz CT molecular complexity index is 506. The van der Waals surface area contributed by atoms with Crippen LogP contribution in [-0.4, -0.2) is 26.2 Å². The van der Waals surface area contributed by atoms with Crippen LogP contribution in [0.3, 0.4) is 0 Å². The molecule has 0 aliphatic heterocycles. The van der Waals surface area contributed by atoms with E-state index in [1.165, 1.54) is 25.7 Å². The number of nitrogens with zero attached hydrogens (tertiary/aromatic N) is 2. The van der Waals surface area contributed by atoms with Crippen LogP contribution in [0.4, 0.5) is 5.69 Å². The van der Waals surface area contributed by atoms with Gasteiger partial charge in [-0.15, -0.1) is 6.58 Å². The summed E-state index contributed by atoms with van der Waals surface area (Å²) in [5, 5.41) is 4.02. The van der Waals surface area contributed by atoms with Gasteiger partial charge in [0.05, 0.1) is 6.21 Å². The molecule has 4 nitrogen and oxygen atoms in total. The zero-order valence-corrected chi connectivity index (χ0v) is 15.1. The van der Waals surface area contributed by atoms with E-state index in [0.29, 0.717) is 6.42 Å². The molecule has 1 aromatic carbocycles. The third-order valence-corrected chi connectivity index (χ3v) is 3.87. The molecule has 0 spiro atoms. The van der Waals surface area contributed by atoms with E-state index in [1.807, 2.05) is 49.3 Å². The fourth-order valence-electron chi connectivity index (χ4n) is 2.37. The third-order valence-electron chi connectivity index (χ3n) is 3.87. The number of anilines is 1. The number of nitrogens with one attached hydrogen (secondary N) is 1. The molecule has 132 valence electrons. The summed E-state index contributed by atoms with van der Waals surface area (Å²) in [6, 6.07) is 8.02. The van der Waals surface area contributed by atoms with Crippen molar-refractivity contribution in [1.82, 2.24) is 5.43 Å². The molecule has 0 atom stereocenters. The van der Waals surface area contributed by atoms with Crippen LogP contribution in [0.15, 0.2) is 42.0 Å². The first-order valence-corrected chi connectivity index (χ1v) is 8.83. The fraction of sp³-hybridized carbons (Fsp3) is 0.500. The first-order chi connectivity index (χ1) is 11.6. The maximum atomic E-state index is 11.7. The highest BCUT2D eigenvalue weighted by atomic mass is 16.2. The Hall–Kier alpha value is -2.10. The normalized spacial score (nSPS) is 10.8. The van der Waals surface area contributed by atoms with Gasteiger partial charge in [0.2, 0.25) is 5.91 Å². The predicted molar refractivity (Wildman–Crippen MR) is 104 cm³/mol. The number of hydrogen-bond donors (Lipinski definition) is 1. The zero-order valence-electron chi connectivity index (χ0n) is 15.1. The minimum Gasteiger partial charge on any atom is -0.378 e. The summed E-state index contributed by atoms with van der Waals surface area (Å²) >= 11 is 0. The van der Waals surface area contributed by atoms with Gasteiger partial charge in [0.25, 0.3) is 0 Å². The first-order valence-electron chi connectivity index (χ1n) is 8.83. The SMILES string of the molecule is C=CCCCCCCCCC(=O)NN=Cc1ccc(N(C)C)cc1. The van der Waals surface area contributed by atoms with Gasteiger partial charge >= 0.3 is 0 Å². The minimum atomic E-state index is -0.0113. The van der Waals surface area contributed by atoms with Gasteiger partial charge in [-0.1, -0.05) is 43.9 Å². The van der Waals surface area contributed by atoms with Gasteiger partial charge in [0.1, 0.15) is 0 Å². The maximum Gasteiger partial charge on any atom is 0.240 e. The lowest BCUT2D eigenvalue weighted by molar-refractivity contribution is -0.121. The Kier molecular flexibility index (Phi) is 10.3. The number of allylic oxidation sites excluding steroid dienone is 1. The molecule has 0 aliphatic rings. The Morgan fingerprint density at radius 3 is 2.33 bits per heavy atom. The third kappa shape index (κ3) is 9.13. The number of unbranched alkanes of at least 4 members (excludes halogenated alkanes) is 6. The van der Waals surface area contributed by atoms with E-state index >= 15 is 0 Å². The van der Waals surface area contributed by atoms with Crippen molar-refractivity contribution >= 4 is 17.8 Å². The van der Waals surface area contributed by atoms with Crippen LogP contribution in [-0.2, 0) is 4.79 Å². The average Bonchev–Trinajstić information content (AvgIpc) is 2.57. The highest BCUT2D eigenvalue weighted by Gasteiger charge is 1.99. The van der Waals surface area contributed by atoms with E-state index in [1.54, 1.807) is 6.21 Å². The molecule has 0 aliphatic carbocycles. The van der Waals surface area contributed by atoms with Crippen LogP contribution in [0.5, 0.6) is 0 Å². The van der Waals surface area contributed by atoms with Crippen molar-refractivity contribution in [1.29, 1.82) is 0 Å². The molecule has 1 amide bonds. The van der Waals surface area contributed by atoms with Crippen molar-refractivity contribution in [2.24, 2.45) is 5.10 Å². The number of hydrogen-bond acceptors (Lipinski definition) is 3. The van der Waals surface area contributed by atoms with E-state index in [9.17, 15) is 4.79 Å². The Morgan fingerprint density at radius 2 is 1.71 bits per heavy atom. The second-order valence-electron chi connectivity index (χ2n) is 6.23. The topological polar surface area (TPSA) is 44.7 Å². The second kappa shape index (κ2) is 12.3. The van der Waals surface area contributed by atoms with Gasteiger partial charge < -0.3 is 4.90 Å². The Balaban J connectivity index is 2.11. The molecule has 0 unspecified atom stereocenters. The summed E-state index contributed by atoms with van der Waals surface area (Å²) in [5.41, 5.74) is 4.71. The van der Waals surface area contributed by atoms with E-state index in [2.05, 4.69) is 17.1 Å². The Morgan fingerprint density at radius 1 is 1.08 bits per heavy atom. The van der Waals surface area contributed by atoms with Crippen molar-refractivity contribution in [2.45, 2.75) is 51.4 Å². The molecule has 0 radical (unpaired) electrons. The quantitative estimate of drug-likeness (QED) is 0.265. The van der Waals surface area contributed by atoms with Crippen molar-refractivity contribution in [3.8, 4) is 0 Å². The largest absolute Gasteiger partial charge is 0.378 e. The minimum absolute atomic E-state index is 0.0113. The van der Waals surface area contributed by atoms with E-state index in [4.69, 9.17) is 0 Å². The lowest BCUT2D eigenvalue weighted by Gasteiger charge is -2.11. The number of rotatable bonds is 12. The van der Waals surface area contributed by atoms with E-state index in [-0.39, 0.29) is 5.91 Å². The molecular formula is C20H31N3O. The smallest absolute Gasteiger partial charge is 0.240 e. The summed E-state index contributed by atoms with van der Waals surface area (Å²) in [7, 11) is 4.01. The van der Waals surface area contributed by atoms with Gasteiger partial charge in [-0.05, 0) is 37.0 Å². The molecule has 1 rings (SSSR count). The summed E-state index contributed by atoms with van der Waals surface area (Å²) in [6.45, 7) is 3.72. The van der Waals surface area contributed by atoms with Crippen LogP contribution in [0.1, 0.15) is 56.9 Å². The molecule has 0 bridgehead atoms. The predicted octanol–water partition coefficient (Wildman–Crippen LogP) is 4.51. The summed E-state index contributed by atoms with van der Waals surface area (Å²) in [5.74, 6) is -0.0113. The molecule has 0 saturated carbocycles. The number of hydrazone groups is 1. The summed E-state index contributed by atoms with van der Waals surface area (Å²) < 4.78 is 0. The van der Waals surface area contributed by atoms with Crippen molar-refractivity contribution in [3.63, 3.8) is 0 Å². The van der Waals surface area contributed by atoms with Gasteiger partial charge in [-0.2, -0.15) is 5.10 Å². The molecule has 0 heterocycles. The van der Waals surface area contributed by atoms with Gasteiger partial charge in [0.15, 0.2) is 0 Å². The highest BCUT2D eigenvalue weighted by molar-refractivity contribution is 5.82. The first kappa shape index (κ1) is 19.9. The molecule has 4 heteroatoms. The lowest BCUT2D eigenvalue weighted by atomic mass is 10.1. The molecule has 24 heavy (non-hydrogen) atoms. The van der Waals surface area contributed by atoms with Crippen LogP contribution in [0, 0.1) is 0 Å². The van der Waals surface area contributed by atoms with Crippen LogP contribution in [0.25, 0.3) is 0 Å². The van der Waals surface area contributed by atoms with E-state index in [0.717, 1.165) is 30.5 Å². The lowest BCUT2D eigenvalue weighted by Crippen LogP contribution is -2.16. The second-order valence-corrected chi connectivity index (χ2v) is 6.23. The van der Waals surface area contributed by atoms with Crippen molar-refractivity contribution < 1.29 is 4.79 Å². The molecule has 0 aromatic heterocycles. The van der Waals surface area contributed by atoms with Crippen LogP contribution in [0.2, 0.25) is 0 Å². The van der Waals surface area contributed by atoms with Crippen LogP contribution >= 0.6 is 0 Å². The summed E-state index contributed by atoms with van der Waals surface area (Å²) in [6.07, 6.45) is 12.3. The van der Waals surface area contributed by atoms with Crippen molar-refractivity contribution in [3.05, 3.63) is 42.5 Å². The average molecular weight is 329 g/mol. The fourth-order valence-corrected chi connectivity index (χ4v) is 2.37. The molecule has 0 saturated heterocycles. The number of amides is 1. The molecule has 1 aromatic rings. The summed E-state index contributed by atoms with van der Waals surface area (Å²) in [4.78, 5) is 13.8.